The van der Waals surface area contributed by atoms with E-state index in [-0.39, 0.29) is 5.82 Å². The highest BCUT2D eigenvalue weighted by Crippen LogP contribution is 2.20. The van der Waals surface area contributed by atoms with Crippen LogP contribution >= 0.6 is 11.6 Å². The molecule has 1 aromatic heterocycles. The van der Waals surface area contributed by atoms with Gasteiger partial charge in [-0.25, -0.2) is 18.4 Å². The predicted octanol–water partition coefficient (Wildman–Crippen LogP) is 1.88. The predicted molar refractivity (Wildman–Crippen MR) is 67.5 cm³/mol. The molecule has 0 aliphatic rings. The van der Waals surface area contributed by atoms with Gasteiger partial charge in [-0.1, -0.05) is 12.1 Å². The van der Waals surface area contributed by atoms with Crippen LogP contribution in [0.2, 0.25) is 0 Å². The first kappa shape index (κ1) is 12.1. The van der Waals surface area contributed by atoms with Crippen LogP contribution in [0.1, 0.15) is 5.82 Å². The van der Waals surface area contributed by atoms with Crippen LogP contribution in [0.25, 0.3) is 10.9 Å². The summed E-state index contributed by atoms with van der Waals surface area (Å²) in [5.41, 5.74) is 0.687. The Kier molecular flexibility index (Phi) is 3.17. The van der Waals surface area contributed by atoms with Crippen molar-refractivity contribution < 1.29 is 8.42 Å². The largest absolute Gasteiger partial charge is 0.266 e. The maximum absolute atomic E-state index is 11.4. The van der Waals surface area contributed by atoms with Crippen LogP contribution in [-0.4, -0.2) is 23.6 Å². The molecule has 90 valence electrons. The maximum Gasteiger partial charge on any atom is 0.247 e. The number of hydrogen-bond acceptors (Lipinski definition) is 4. The fraction of sp³-hybridized carbons (Fsp3) is 0.200. The second-order valence-corrected chi connectivity index (χ2v) is 5.77. The summed E-state index contributed by atoms with van der Waals surface area (Å²) in [4.78, 5) is 8.29. The topological polar surface area (TPSA) is 72.0 Å². The molecule has 1 aromatic carbocycles. The van der Waals surface area contributed by atoms with Gasteiger partial charge in [-0.2, -0.15) is 0 Å². The van der Waals surface area contributed by atoms with Crippen LogP contribution < -0.4 is 4.72 Å². The number of benzene rings is 1. The Bertz CT molecular complexity index is 658. The summed E-state index contributed by atoms with van der Waals surface area (Å²) < 4.78 is 25.2. The lowest BCUT2D eigenvalue weighted by molar-refractivity contribution is 0.605. The summed E-state index contributed by atoms with van der Waals surface area (Å²) in [6, 6.07) is 7.16. The Morgan fingerprint density at radius 2 is 2.00 bits per heavy atom. The Morgan fingerprint density at radius 3 is 2.71 bits per heavy atom. The summed E-state index contributed by atoms with van der Waals surface area (Å²) in [6.45, 7) is 1.70. The van der Waals surface area contributed by atoms with Crippen molar-refractivity contribution in [1.82, 2.24) is 9.97 Å². The molecule has 0 spiro atoms. The number of halogens is 1. The maximum atomic E-state index is 11.4. The fourth-order valence-corrected chi connectivity index (χ4v) is 2.11. The smallest absolute Gasteiger partial charge is 0.247 e. The van der Waals surface area contributed by atoms with Crippen LogP contribution in [0.3, 0.4) is 0 Å². The summed E-state index contributed by atoms with van der Waals surface area (Å²) in [5, 5.41) is 0.136. The van der Waals surface area contributed by atoms with E-state index in [1.54, 1.807) is 25.1 Å². The van der Waals surface area contributed by atoms with Gasteiger partial charge in [0, 0.05) is 5.39 Å². The summed E-state index contributed by atoms with van der Waals surface area (Å²) in [6.07, 6.45) is 0. The molecule has 2 aromatic rings. The number of anilines is 1. The molecular formula is C10H10ClN3O2S. The third kappa shape index (κ3) is 2.65. The molecule has 0 amide bonds. The molecule has 0 bridgehead atoms. The van der Waals surface area contributed by atoms with Gasteiger partial charge in [-0.15, -0.1) is 11.6 Å². The van der Waals surface area contributed by atoms with Gasteiger partial charge in [0.05, 0.1) is 5.52 Å². The van der Waals surface area contributed by atoms with E-state index < -0.39 is 15.2 Å². The van der Waals surface area contributed by atoms with Crippen LogP contribution in [0.5, 0.6) is 0 Å². The van der Waals surface area contributed by atoms with Gasteiger partial charge in [0.15, 0.2) is 5.82 Å². The second kappa shape index (κ2) is 4.46. The van der Waals surface area contributed by atoms with Gasteiger partial charge in [0.2, 0.25) is 10.0 Å². The Morgan fingerprint density at radius 1 is 1.29 bits per heavy atom. The zero-order valence-electron chi connectivity index (χ0n) is 9.01. The van der Waals surface area contributed by atoms with E-state index in [1.807, 2.05) is 6.07 Å². The SMILES string of the molecule is Cc1nc(NS(=O)(=O)CCl)c2ccccc2n1. The molecule has 1 heterocycles. The molecule has 0 aliphatic heterocycles. The molecule has 7 heteroatoms. The molecule has 0 atom stereocenters. The normalized spacial score (nSPS) is 11.6. The van der Waals surface area contributed by atoms with E-state index in [0.29, 0.717) is 16.7 Å². The first-order valence-electron chi connectivity index (χ1n) is 4.82. The van der Waals surface area contributed by atoms with E-state index in [1.165, 1.54) is 0 Å². The molecule has 0 radical (unpaired) electrons. The third-order valence-electron chi connectivity index (χ3n) is 2.11. The number of aromatic nitrogens is 2. The molecular weight excluding hydrogens is 262 g/mol. The van der Waals surface area contributed by atoms with Gasteiger partial charge in [0.25, 0.3) is 0 Å². The zero-order valence-corrected chi connectivity index (χ0v) is 10.6. The summed E-state index contributed by atoms with van der Waals surface area (Å²) >= 11 is 5.34. The number of sulfonamides is 1. The summed E-state index contributed by atoms with van der Waals surface area (Å²) in [5.74, 6) is 0.754. The number of fused-ring (bicyclic) bond motifs is 1. The second-order valence-electron chi connectivity index (χ2n) is 3.46. The summed E-state index contributed by atoms with van der Waals surface area (Å²) in [7, 11) is -3.56. The zero-order chi connectivity index (χ0) is 12.5. The average molecular weight is 272 g/mol. The highest BCUT2D eigenvalue weighted by Gasteiger charge is 2.12. The van der Waals surface area contributed by atoms with Crippen molar-refractivity contribution in [3.63, 3.8) is 0 Å². The van der Waals surface area contributed by atoms with Gasteiger partial charge >= 0.3 is 0 Å². The van der Waals surface area contributed by atoms with Gasteiger partial charge < -0.3 is 0 Å². The minimum Gasteiger partial charge on any atom is -0.266 e. The van der Waals surface area contributed by atoms with Gasteiger partial charge in [-0.3, -0.25) is 4.72 Å². The number of para-hydroxylation sites is 1. The molecule has 0 aliphatic carbocycles. The molecule has 1 N–H and O–H groups in total. The average Bonchev–Trinajstić information content (AvgIpc) is 2.28. The first-order chi connectivity index (χ1) is 8.02. The molecule has 0 fully saturated rings. The number of nitrogens with zero attached hydrogens (tertiary/aromatic N) is 2. The van der Waals surface area contributed by atoms with E-state index >= 15 is 0 Å². The van der Waals surface area contributed by atoms with E-state index in [9.17, 15) is 8.42 Å². The number of hydrogen-bond donors (Lipinski definition) is 1. The molecule has 17 heavy (non-hydrogen) atoms. The van der Waals surface area contributed by atoms with Crippen LogP contribution in [0.15, 0.2) is 24.3 Å². The number of alkyl halides is 1. The number of aryl methyl sites for hydroxylation is 1. The molecule has 0 saturated heterocycles. The van der Waals surface area contributed by atoms with Crippen molar-refractivity contribution in [2.45, 2.75) is 6.92 Å². The van der Waals surface area contributed by atoms with Crippen LogP contribution in [0.4, 0.5) is 5.82 Å². The van der Waals surface area contributed by atoms with Crippen molar-refractivity contribution in [1.29, 1.82) is 0 Å². The minimum atomic E-state index is -3.56. The lowest BCUT2D eigenvalue weighted by atomic mass is 10.2. The standard InChI is InChI=1S/C10H10ClN3O2S/c1-7-12-9-5-3-2-4-8(9)10(13-7)14-17(15,16)6-11/h2-5H,6H2,1H3,(H,12,13,14). The molecule has 0 unspecified atom stereocenters. The van der Waals surface area contributed by atoms with Crippen molar-refractivity contribution >= 4 is 38.3 Å². The van der Waals surface area contributed by atoms with Crippen molar-refractivity contribution in [2.24, 2.45) is 0 Å². The van der Waals surface area contributed by atoms with E-state index in [4.69, 9.17) is 11.6 Å². The Balaban J connectivity index is 2.60. The van der Waals surface area contributed by atoms with Crippen molar-refractivity contribution in [3.05, 3.63) is 30.1 Å². The molecule has 5 nitrogen and oxygen atoms in total. The highest BCUT2D eigenvalue weighted by molar-refractivity contribution is 7.93. The van der Waals surface area contributed by atoms with Crippen molar-refractivity contribution in [2.75, 3.05) is 9.93 Å². The molecule has 2 rings (SSSR count). The van der Waals surface area contributed by atoms with Gasteiger partial charge in [-0.05, 0) is 19.1 Å². The monoisotopic (exact) mass is 271 g/mol. The van der Waals surface area contributed by atoms with E-state index in [2.05, 4.69) is 14.7 Å². The molecule has 0 saturated carbocycles. The lowest BCUT2D eigenvalue weighted by Crippen LogP contribution is -2.15. The number of nitrogens with one attached hydrogen (secondary N) is 1. The first-order valence-corrected chi connectivity index (χ1v) is 7.00. The fourth-order valence-electron chi connectivity index (χ4n) is 1.45. The quantitative estimate of drug-likeness (QED) is 0.865. The Labute approximate surface area is 104 Å². The van der Waals surface area contributed by atoms with Gasteiger partial charge in [0.1, 0.15) is 11.0 Å². The van der Waals surface area contributed by atoms with Crippen LogP contribution in [-0.2, 0) is 10.0 Å². The van der Waals surface area contributed by atoms with Crippen LogP contribution in [0, 0.1) is 6.92 Å². The highest BCUT2D eigenvalue weighted by atomic mass is 35.5. The van der Waals surface area contributed by atoms with E-state index in [0.717, 1.165) is 0 Å². The third-order valence-corrected chi connectivity index (χ3v) is 3.76. The van der Waals surface area contributed by atoms with Crippen molar-refractivity contribution in [3.8, 4) is 0 Å². The minimum absolute atomic E-state index is 0.258. The lowest BCUT2D eigenvalue weighted by Gasteiger charge is -2.08. The Hall–Kier alpha value is -1.40. The number of rotatable bonds is 3.